The highest BCUT2D eigenvalue weighted by Crippen LogP contribution is 2.42. The summed E-state index contributed by atoms with van der Waals surface area (Å²) >= 11 is 3.43. The Bertz CT molecular complexity index is 761. The SMILES string of the molecule is Brc1cnc2ccc(-c3cn[nH]c3C3CC3)nc2c1. The lowest BCUT2D eigenvalue weighted by atomic mass is 10.1. The second kappa shape index (κ2) is 4.13. The Labute approximate surface area is 118 Å². The fourth-order valence-corrected chi connectivity index (χ4v) is 2.63. The van der Waals surface area contributed by atoms with Crippen molar-refractivity contribution in [3.8, 4) is 11.3 Å². The number of nitrogens with zero attached hydrogens (tertiary/aromatic N) is 3. The molecule has 19 heavy (non-hydrogen) atoms. The molecule has 0 aromatic carbocycles. The highest BCUT2D eigenvalue weighted by Gasteiger charge is 2.28. The van der Waals surface area contributed by atoms with Crippen LogP contribution in [0.1, 0.15) is 24.5 Å². The van der Waals surface area contributed by atoms with Gasteiger partial charge in [-0.2, -0.15) is 5.10 Å². The second-order valence-electron chi connectivity index (χ2n) is 4.86. The summed E-state index contributed by atoms with van der Waals surface area (Å²) in [6, 6.07) is 6.01. The molecule has 1 fully saturated rings. The standard InChI is InChI=1S/C14H11BrN4/c15-9-5-13-12(16-6-9)4-3-11(18-13)10-7-17-19-14(10)8-1-2-8/h3-8H,1-2H2,(H,17,19). The van der Waals surface area contributed by atoms with Gasteiger partial charge in [0, 0.05) is 27.8 Å². The monoisotopic (exact) mass is 314 g/mol. The van der Waals surface area contributed by atoms with Gasteiger partial charge in [-0.15, -0.1) is 0 Å². The lowest BCUT2D eigenvalue weighted by molar-refractivity contribution is 0.965. The highest BCUT2D eigenvalue weighted by molar-refractivity contribution is 9.10. The van der Waals surface area contributed by atoms with Crippen molar-refractivity contribution >= 4 is 27.0 Å². The molecule has 0 aliphatic heterocycles. The fraction of sp³-hybridized carbons (Fsp3) is 0.214. The maximum absolute atomic E-state index is 4.70. The number of aromatic nitrogens is 4. The fourth-order valence-electron chi connectivity index (χ4n) is 2.32. The molecule has 3 aromatic rings. The molecule has 0 bridgehead atoms. The molecule has 0 unspecified atom stereocenters. The summed E-state index contributed by atoms with van der Waals surface area (Å²) in [6.07, 6.45) is 6.15. The Hall–Kier alpha value is -1.75. The Balaban J connectivity index is 1.88. The second-order valence-corrected chi connectivity index (χ2v) is 5.78. The number of hydrogen-bond acceptors (Lipinski definition) is 3. The van der Waals surface area contributed by atoms with Gasteiger partial charge >= 0.3 is 0 Å². The van der Waals surface area contributed by atoms with E-state index in [2.05, 4.69) is 31.1 Å². The van der Waals surface area contributed by atoms with Crippen molar-refractivity contribution in [3.63, 3.8) is 0 Å². The van der Waals surface area contributed by atoms with Crippen LogP contribution in [0.3, 0.4) is 0 Å². The number of rotatable bonds is 2. The van der Waals surface area contributed by atoms with Gasteiger partial charge < -0.3 is 0 Å². The molecule has 4 nitrogen and oxygen atoms in total. The number of nitrogens with one attached hydrogen (secondary N) is 1. The van der Waals surface area contributed by atoms with Crippen LogP contribution >= 0.6 is 15.9 Å². The van der Waals surface area contributed by atoms with Crippen LogP contribution in [0.2, 0.25) is 0 Å². The molecular weight excluding hydrogens is 304 g/mol. The van der Waals surface area contributed by atoms with Crippen LogP contribution in [0.4, 0.5) is 0 Å². The molecule has 1 aliphatic rings. The predicted molar refractivity (Wildman–Crippen MR) is 76.8 cm³/mol. The average Bonchev–Trinajstić information content (AvgIpc) is 3.15. The number of fused-ring (bicyclic) bond motifs is 1. The lowest BCUT2D eigenvalue weighted by Gasteiger charge is -2.03. The van der Waals surface area contributed by atoms with Crippen molar-refractivity contribution in [2.75, 3.05) is 0 Å². The molecule has 1 saturated carbocycles. The van der Waals surface area contributed by atoms with Crippen LogP contribution < -0.4 is 0 Å². The summed E-state index contributed by atoms with van der Waals surface area (Å²) in [5, 5.41) is 7.28. The van der Waals surface area contributed by atoms with Gasteiger partial charge in [0.05, 0.1) is 22.9 Å². The smallest absolute Gasteiger partial charge is 0.0905 e. The van der Waals surface area contributed by atoms with E-state index in [0.717, 1.165) is 26.8 Å². The van der Waals surface area contributed by atoms with Gasteiger partial charge in [-0.05, 0) is 47.0 Å². The van der Waals surface area contributed by atoms with Gasteiger partial charge in [-0.1, -0.05) is 0 Å². The van der Waals surface area contributed by atoms with Crippen molar-refractivity contribution in [3.05, 3.63) is 40.8 Å². The Morgan fingerprint density at radius 2 is 2.05 bits per heavy atom. The number of pyridine rings is 2. The molecule has 3 aromatic heterocycles. The predicted octanol–water partition coefficient (Wildman–Crippen LogP) is 3.66. The minimum absolute atomic E-state index is 0.635. The third-order valence-corrected chi connectivity index (χ3v) is 3.87. The zero-order valence-corrected chi connectivity index (χ0v) is 11.7. The number of H-pyrrole nitrogens is 1. The van der Waals surface area contributed by atoms with Crippen molar-refractivity contribution in [2.45, 2.75) is 18.8 Å². The zero-order valence-electron chi connectivity index (χ0n) is 10.1. The summed E-state index contributed by atoms with van der Waals surface area (Å²) < 4.78 is 0.944. The van der Waals surface area contributed by atoms with Crippen molar-refractivity contribution < 1.29 is 0 Å². The van der Waals surface area contributed by atoms with E-state index < -0.39 is 0 Å². The molecule has 0 saturated heterocycles. The maximum atomic E-state index is 4.70. The molecule has 3 heterocycles. The van der Waals surface area contributed by atoms with Gasteiger partial charge in [-0.25, -0.2) is 4.98 Å². The molecule has 0 atom stereocenters. The van der Waals surface area contributed by atoms with E-state index in [1.54, 1.807) is 6.20 Å². The van der Waals surface area contributed by atoms with Crippen LogP contribution in [0, 0.1) is 0 Å². The topological polar surface area (TPSA) is 54.5 Å². The summed E-state index contributed by atoms with van der Waals surface area (Å²) in [5.74, 6) is 0.635. The van der Waals surface area contributed by atoms with Crippen LogP contribution in [0.5, 0.6) is 0 Å². The van der Waals surface area contributed by atoms with Gasteiger partial charge in [0.25, 0.3) is 0 Å². The summed E-state index contributed by atoms with van der Waals surface area (Å²) in [7, 11) is 0. The largest absolute Gasteiger partial charge is 0.282 e. The molecule has 94 valence electrons. The molecule has 5 heteroatoms. The summed E-state index contributed by atoms with van der Waals surface area (Å²) in [6.45, 7) is 0. The van der Waals surface area contributed by atoms with Gasteiger partial charge in [0.2, 0.25) is 0 Å². The Kier molecular flexibility index (Phi) is 2.41. The van der Waals surface area contributed by atoms with Gasteiger partial charge in [0.15, 0.2) is 0 Å². The molecular formula is C14H11BrN4. The van der Waals surface area contributed by atoms with Crippen molar-refractivity contribution in [2.24, 2.45) is 0 Å². The highest BCUT2D eigenvalue weighted by atomic mass is 79.9. The van der Waals surface area contributed by atoms with E-state index in [0.29, 0.717) is 5.92 Å². The first-order valence-corrected chi connectivity index (χ1v) is 7.06. The van der Waals surface area contributed by atoms with Crippen molar-refractivity contribution in [1.29, 1.82) is 0 Å². The molecule has 1 N–H and O–H groups in total. The first-order chi connectivity index (χ1) is 9.31. The third kappa shape index (κ3) is 1.94. The van der Waals surface area contributed by atoms with Crippen LogP contribution in [-0.4, -0.2) is 20.2 Å². The summed E-state index contributed by atoms with van der Waals surface area (Å²) in [5.41, 5.74) is 5.10. The van der Waals surface area contributed by atoms with E-state index in [4.69, 9.17) is 4.98 Å². The average molecular weight is 315 g/mol. The van der Waals surface area contributed by atoms with E-state index in [9.17, 15) is 0 Å². The molecule has 4 rings (SSSR count). The molecule has 1 aliphatic carbocycles. The minimum atomic E-state index is 0.635. The van der Waals surface area contributed by atoms with E-state index in [1.165, 1.54) is 18.5 Å². The van der Waals surface area contributed by atoms with Crippen LogP contribution in [0.15, 0.2) is 35.1 Å². The lowest BCUT2D eigenvalue weighted by Crippen LogP contribution is -1.90. The van der Waals surface area contributed by atoms with Crippen LogP contribution in [-0.2, 0) is 0 Å². The maximum Gasteiger partial charge on any atom is 0.0905 e. The number of aromatic amines is 1. The number of halogens is 1. The zero-order chi connectivity index (χ0) is 12.8. The first kappa shape index (κ1) is 11.1. The third-order valence-electron chi connectivity index (χ3n) is 3.43. The van der Waals surface area contributed by atoms with Crippen molar-refractivity contribution in [1.82, 2.24) is 20.2 Å². The molecule has 0 radical (unpaired) electrons. The first-order valence-electron chi connectivity index (χ1n) is 6.27. The van der Waals surface area contributed by atoms with E-state index >= 15 is 0 Å². The summed E-state index contributed by atoms with van der Waals surface area (Å²) in [4.78, 5) is 9.04. The van der Waals surface area contributed by atoms with Gasteiger partial charge in [-0.3, -0.25) is 10.1 Å². The molecule has 0 spiro atoms. The van der Waals surface area contributed by atoms with Gasteiger partial charge in [0.1, 0.15) is 0 Å². The molecule has 0 amide bonds. The van der Waals surface area contributed by atoms with E-state index in [1.807, 2.05) is 24.4 Å². The van der Waals surface area contributed by atoms with E-state index in [-0.39, 0.29) is 0 Å². The quantitative estimate of drug-likeness (QED) is 0.785. The Morgan fingerprint density at radius 1 is 1.16 bits per heavy atom. The minimum Gasteiger partial charge on any atom is -0.282 e. The number of hydrogen-bond donors (Lipinski definition) is 1. The normalized spacial score (nSPS) is 15.0. The van der Waals surface area contributed by atoms with Crippen LogP contribution in [0.25, 0.3) is 22.3 Å². The Morgan fingerprint density at radius 3 is 2.89 bits per heavy atom.